The summed E-state index contributed by atoms with van der Waals surface area (Å²) >= 11 is 0. The van der Waals surface area contributed by atoms with Crippen molar-refractivity contribution >= 4 is 5.91 Å². The molecule has 1 aromatic heterocycles. The number of nitrogens with zero attached hydrogens (tertiary/aromatic N) is 4. The average Bonchev–Trinajstić information content (AvgIpc) is 3.10. The molecule has 2 aliphatic rings. The van der Waals surface area contributed by atoms with Crippen LogP contribution in [0.1, 0.15) is 12.1 Å². The minimum Gasteiger partial charge on any atom is -0.451 e. The number of carbonyl (C=O) groups is 1. The third-order valence-electron chi connectivity index (χ3n) is 4.62. The van der Waals surface area contributed by atoms with Gasteiger partial charge in [0, 0.05) is 58.2 Å². The van der Waals surface area contributed by atoms with Crippen molar-refractivity contribution in [1.29, 1.82) is 0 Å². The molecule has 0 saturated carbocycles. The largest absolute Gasteiger partial charge is 0.451 e. The summed E-state index contributed by atoms with van der Waals surface area (Å²) in [5, 5.41) is 9.96. The first-order chi connectivity index (χ1) is 10.6. The smallest absolute Gasteiger partial charge is 0.223 e. The number of rotatable bonds is 4. The van der Waals surface area contributed by atoms with Crippen LogP contribution in [0.2, 0.25) is 0 Å². The summed E-state index contributed by atoms with van der Waals surface area (Å²) in [5.41, 5.74) is 0.928. The molecule has 3 rings (SSSR count). The number of amides is 1. The number of aliphatic hydroxyl groups excluding tert-OH is 1. The Hall–Kier alpha value is -1.44. The van der Waals surface area contributed by atoms with Gasteiger partial charge in [-0.15, -0.1) is 0 Å². The van der Waals surface area contributed by atoms with Crippen molar-refractivity contribution in [3.8, 4) is 0 Å². The number of aliphatic hydroxyl groups is 1. The number of carbonyl (C=O) groups excluding carboxylic acids is 1. The van der Waals surface area contributed by atoms with Crippen LogP contribution in [0, 0.1) is 5.92 Å². The molecule has 2 fully saturated rings. The molecule has 1 N–H and O–H groups in total. The van der Waals surface area contributed by atoms with Crippen LogP contribution in [-0.4, -0.2) is 83.1 Å². The number of oxazole rings is 1. The third-order valence-corrected chi connectivity index (χ3v) is 4.62. The Morgan fingerprint density at radius 1 is 1.36 bits per heavy atom. The molecule has 2 atom stereocenters. The Bertz CT molecular complexity index is 485. The van der Waals surface area contributed by atoms with Gasteiger partial charge in [0.2, 0.25) is 5.91 Å². The fourth-order valence-electron chi connectivity index (χ4n) is 3.32. The predicted molar refractivity (Wildman–Crippen MR) is 80.0 cm³/mol. The topological polar surface area (TPSA) is 73.1 Å². The lowest BCUT2D eigenvalue weighted by atomic mass is 10.0. The predicted octanol–water partition coefficient (Wildman–Crippen LogP) is -0.369. The van der Waals surface area contributed by atoms with Crippen molar-refractivity contribution in [2.24, 2.45) is 5.92 Å². The van der Waals surface area contributed by atoms with Gasteiger partial charge in [0.25, 0.3) is 0 Å². The molecule has 0 bridgehead atoms. The second-order valence-corrected chi connectivity index (χ2v) is 6.39. The molecule has 0 spiro atoms. The monoisotopic (exact) mass is 308 g/mol. The summed E-state index contributed by atoms with van der Waals surface area (Å²) in [6.07, 6.45) is 3.19. The first kappa shape index (κ1) is 15.5. The Kier molecular flexibility index (Phi) is 4.75. The molecule has 0 aliphatic carbocycles. The molecule has 22 heavy (non-hydrogen) atoms. The fourth-order valence-corrected chi connectivity index (χ4v) is 3.32. The average molecular weight is 308 g/mol. The standard InChI is InChI=1S/C15H24N4O3/c1-17-7-12(14(20)9-17)6-15(21)19-4-2-18(3-5-19)8-13-10-22-11-16-13/h10-12,14,20H,2-9H2,1H3/t12-,14-/m1/s1. The molecule has 0 radical (unpaired) electrons. The molecule has 122 valence electrons. The van der Waals surface area contributed by atoms with Crippen LogP contribution in [0.4, 0.5) is 0 Å². The van der Waals surface area contributed by atoms with Gasteiger partial charge in [-0.3, -0.25) is 9.69 Å². The lowest BCUT2D eigenvalue weighted by molar-refractivity contribution is -0.134. The highest BCUT2D eigenvalue weighted by Gasteiger charge is 2.32. The van der Waals surface area contributed by atoms with E-state index < -0.39 is 0 Å². The fraction of sp³-hybridized carbons (Fsp3) is 0.733. The molecule has 0 unspecified atom stereocenters. The third kappa shape index (κ3) is 3.66. The Morgan fingerprint density at radius 3 is 2.73 bits per heavy atom. The van der Waals surface area contributed by atoms with E-state index >= 15 is 0 Å². The zero-order chi connectivity index (χ0) is 15.5. The number of β-amino-alcohol motifs (C(OH)–C–C–N with tert-alkyl or cyclic N) is 1. The maximum atomic E-state index is 12.4. The number of likely N-dealkylation sites (tertiary alicyclic amines) is 1. The van der Waals surface area contributed by atoms with E-state index in [-0.39, 0.29) is 17.9 Å². The zero-order valence-electron chi connectivity index (χ0n) is 13.0. The molecule has 2 aliphatic heterocycles. The Morgan fingerprint density at radius 2 is 2.14 bits per heavy atom. The highest BCUT2D eigenvalue weighted by atomic mass is 16.3. The molecule has 2 saturated heterocycles. The van der Waals surface area contributed by atoms with Crippen LogP contribution in [0.5, 0.6) is 0 Å². The normalized spacial score (nSPS) is 27.5. The SMILES string of the molecule is CN1C[C@@H](CC(=O)N2CCN(Cc3cocn3)CC2)[C@H](O)C1. The van der Waals surface area contributed by atoms with E-state index in [9.17, 15) is 9.90 Å². The van der Waals surface area contributed by atoms with Crippen molar-refractivity contribution in [3.63, 3.8) is 0 Å². The number of aromatic nitrogens is 1. The lowest BCUT2D eigenvalue weighted by Crippen LogP contribution is -2.49. The van der Waals surface area contributed by atoms with Gasteiger partial charge in [-0.25, -0.2) is 4.98 Å². The van der Waals surface area contributed by atoms with Crippen LogP contribution in [0.25, 0.3) is 0 Å². The van der Waals surface area contributed by atoms with Crippen molar-refractivity contribution in [2.45, 2.75) is 19.1 Å². The highest BCUT2D eigenvalue weighted by molar-refractivity contribution is 5.76. The Labute approximate surface area is 130 Å². The molecule has 3 heterocycles. The van der Waals surface area contributed by atoms with Gasteiger partial charge in [0.05, 0.1) is 11.8 Å². The number of likely N-dealkylation sites (N-methyl/N-ethyl adjacent to an activating group) is 1. The number of hydrogen-bond acceptors (Lipinski definition) is 6. The van der Waals surface area contributed by atoms with Gasteiger partial charge in [0.1, 0.15) is 6.26 Å². The maximum Gasteiger partial charge on any atom is 0.223 e. The summed E-state index contributed by atoms with van der Waals surface area (Å²) < 4.78 is 4.98. The molecule has 1 aromatic rings. The van der Waals surface area contributed by atoms with Gasteiger partial charge in [-0.05, 0) is 7.05 Å². The van der Waals surface area contributed by atoms with Crippen molar-refractivity contribution in [3.05, 3.63) is 18.4 Å². The number of hydrogen-bond donors (Lipinski definition) is 1. The van der Waals surface area contributed by atoms with Gasteiger partial charge in [0.15, 0.2) is 6.39 Å². The first-order valence-corrected chi connectivity index (χ1v) is 7.85. The van der Waals surface area contributed by atoms with Crippen LogP contribution < -0.4 is 0 Å². The second kappa shape index (κ2) is 6.76. The van der Waals surface area contributed by atoms with E-state index in [0.29, 0.717) is 13.0 Å². The van der Waals surface area contributed by atoms with E-state index in [2.05, 4.69) is 14.8 Å². The minimum absolute atomic E-state index is 0.0747. The molecule has 7 nitrogen and oxygen atoms in total. The van der Waals surface area contributed by atoms with E-state index in [0.717, 1.165) is 45.0 Å². The summed E-state index contributed by atoms with van der Waals surface area (Å²) in [6, 6.07) is 0. The van der Waals surface area contributed by atoms with Gasteiger partial charge in [-0.2, -0.15) is 0 Å². The van der Waals surface area contributed by atoms with E-state index in [1.807, 2.05) is 11.9 Å². The molecular formula is C15H24N4O3. The number of piperazine rings is 1. The molecule has 0 aromatic carbocycles. The molecule has 7 heteroatoms. The molecule has 1 amide bonds. The van der Waals surface area contributed by atoms with E-state index in [1.54, 1.807) is 6.26 Å². The quantitative estimate of drug-likeness (QED) is 0.818. The van der Waals surface area contributed by atoms with Crippen molar-refractivity contribution in [2.75, 3.05) is 46.3 Å². The van der Waals surface area contributed by atoms with Gasteiger partial charge in [-0.1, -0.05) is 0 Å². The minimum atomic E-state index is -0.373. The zero-order valence-corrected chi connectivity index (χ0v) is 13.0. The first-order valence-electron chi connectivity index (χ1n) is 7.85. The van der Waals surface area contributed by atoms with Crippen LogP contribution in [0.15, 0.2) is 17.1 Å². The van der Waals surface area contributed by atoms with Crippen LogP contribution >= 0.6 is 0 Å². The van der Waals surface area contributed by atoms with E-state index in [1.165, 1.54) is 6.39 Å². The Balaban J connectivity index is 1.44. The summed E-state index contributed by atoms with van der Waals surface area (Å²) in [7, 11) is 1.98. The summed E-state index contributed by atoms with van der Waals surface area (Å²) in [5.74, 6) is 0.242. The summed E-state index contributed by atoms with van der Waals surface area (Å²) in [6.45, 7) is 5.44. The van der Waals surface area contributed by atoms with E-state index in [4.69, 9.17) is 4.42 Å². The van der Waals surface area contributed by atoms with Crippen LogP contribution in [-0.2, 0) is 11.3 Å². The lowest BCUT2D eigenvalue weighted by Gasteiger charge is -2.35. The van der Waals surface area contributed by atoms with Crippen molar-refractivity contribution in [1.82, 2.24) is 19.7 Å². The highest BCUT2D eigenvalue weighted by Crippen LogP contribution is 2.20. The van der Waals surface area contributed by atoms with Gasteiger partial charge >= 0.3 is 0 Å². The van der Waals surface area contributed by atoms with Crippen LogP contribution in [0.3, 0.4) is 0 Å². The summed E-state index contributed by atoms with van der Waals surface area (Å²) in [4.78, 5) is 22.8. The maximum absolute atomic E-state index is 12.4. The van der Waals surface area contributed by atoms with Gasteiger partial charge < -0.3 is 19.3 Å². The second-order valence-electron chi connectivity index (χ2n) is 6.39. The molecular weight excluding hydrogens is 284 g/mol. The van der Waals surface area contributed by atoms with Crippen molar-refractivity contribution < 1.29 is 14.3 Å².